The molecule has 1 fully saturated rings. The minimum atomic E-state index is -0.0198. The highest BCUT2D eigenvalue weighted by molar-refractivity contribution is 6.30. The lowest BCUT2D eigenvalue weighted by Gasteiger charge is -2.37. The van der Waals surface area contributed by atoms with Gasteiger partial charge in [0.2, 0.25) is 5.91 Å². The first-order valence-corrected chi connectivity index (χ1v) is 9.12. The number of nitrogens with zero attached hydrogens (tertiary/aromatic N) is 4. The summed E-state index contributed by atoms with van der Waals surface area (Å²) in [5.74, 6) is 0.733. The van der Waals surface area contributed by atoms with E-state index < -0.39 is 0 Å². The van der Waals surface area contributed by atoms with Crippen molar-refractivity contribution in [1.82, 2.24) is 15.1 Å². The van der Waals surface area contributed by atoms with E-state index in [-0.39, 0.29) is 12.5 Å². The maximum Gasteiger partial charge on any atom is 0.243 e. The van der Waals surface area contributed by atoms with Crippen LogP contribution < -0.4 is 10.2 Å². The molecule has 1 amide bonds. The highest BCUT2D eigenvalue weighted by Crippen LogP contribution is 2.20. The molecule has 0 spiro atoms. The van der Waals surface area contributed by atoms with Gasteiger partial charge in [0.15, 0.2) is 5.96 Å². The number of piperazine rings is 1. The van der Waals surface area contributed by atoms with Crippen molar-refractivity contribution in [1.29, 1.82) is 0 Å². The summed E-state index contributed by atoms with van der Waals surface area (Å²) in [5.41, 5.74) is 1.13. The average Bonchev–Trinajstić information content (AvgIpc) is 2.64. The first kappa shape index (κ1) is 20.3. The second-order valence-corrected chi connectivity index (χ2v) is 6.74. The number of halogens is 1. The highest BCUT2D eigenvalue weighted by Gasteiger charge is 2.20. The predicted molar refractivity (Wildman–Crippen MR) is 106 cm³/mol. The summed E-state index contributed by atoms with van der Waals surface area (Å²) in [4.78, 5) is 22.4. The fourth-order valence-corrected chi connectivity index (χ4v) is 2.85. The number of amides is 1. The molecule has 144 valence electrons. The number of aliphatic imine (C=N–C) groups is 1. The van der Waals surface area contributed by atoms with E-state index in [0.717, 1.165) is 42.8 Å². The quantitative estimate of drug-likeness (QED) is 0.455. The van der Waals surface area contributed by atoms with E-state index in [1.807, 2.05) is 18.2 Å². The van der Waals surface area contributed by atoms with Gasteiger partial charge < -0.3 is 24.8 Å². The van der Waals surface area contributed by atoms with E-state index in [1.54, 1.807) is 26.1 Å². The van der Waals surface area contributed by atoms with Crippen LogP contribution >= 0.6 is 11.6 Å². The molecule has 1 N–H and O–H groups in total. The van der Waals surface area contributed by atoms with Crippen LogP contribution in [0.15, 0.2) is 29.3 Å². The predicted octanol–water partition coefficient (Wildman–Crippen LogP) is 1.14. The molecule has 2 rings (SSSR count). The molecule has 0 radical (unpaired) electrons. The number of hydrogen-bond donors (Lipinski definition) is 1. The molecule has 0 atom stereocenters. The first-order chi connectivity index (χ1) is 12.5. The molecule has 1 aromatic carbocycles. The molecule has 1 heterocycles. The van der Waals surface area contributed by atoms with Crippen LogP contribution in [0, 0.1) is 0 Å². The molecular formula is C18H28ClN5O2. The molecule has 8 heteroatoms. The molecule has 1 saturated heterocycles. The van der Waals surface area contributed by atoms with Gasteiger partial charge >= 0.3 is 0 Å². The maximum absolute atomic E-state index is 11.9. The Kier molecular flexibility index (Phi) is 8.00. The van der Waals surface area contributed by atoms with Gasteiger partial charge in [0.05, 0.1) is 6.61 Å². The molecule has 7 nitrogen and oxygen atoms in total. The molecule has 26 heavy (non-hydrogen) atoms. The fraction of sp³-hybridized carbons (Fsp3) is 0.556. The van der Waals surface area contributed by atoms with Gasteiger partial charge in [-0.3, -0.25) is 4.79 Å². The van der Waals surface area contributed by atoms with E-state index in [4.69, 9.17) is 16.3 Å². The molecule has 1 aliphatic heterocycles. The number of ether oxygens (including phenoxy) is 1. The zero-order valence-electron chi connectivity index (χ0n) is 15.7. The van der Waals surface area contributed by atoms with Gasteiger partial charge in [-0.05, 0) is 18.2 Å². The van der Waals surface area contributed by atoms with Crippen LogP contribution in [0.25, 0.3) is 0 Å². The Morgan fingerprint density at radius 2 is 2.04 bits per heavy atom. The van der Waals surface area contributed by atoms with Gasteiger partial charge in [-0.15, -0.1) is 0 Å². The summed E-state index contributed by atoms with van der Waals surface area (Å²) in [7, 11) is 5.14. The summed E-state index contributed by atoms with van der Waals surface area (Å²) in [5, 5.41) is 4.03. The Morgan fingerprint density at radius 1 is 1.31 bits per heavy atom. The van der Waals surface area contributed by atoms with Crippen LogP contribution in [0.1, 0.15) is 0 Å². The number of hydrogen-bond acceptors (Lipinski definition) is 4. The SMILES string of the molecule is COCCNC(=NCC(=O)N(C)C)N1CCN(c2cccc(Cl)c2)CC1. The normalized spacial score (nSPS) is 15.2. The van der Waals surface area contributed by atoms with Crippen LogP contribution in [0.5, 0.6) is 0 Å². The molecular weight excluding hydrogens is 354 g/mol. The minimum Gasteiger partial charge on any atom is -0.383 e. The molecule has 0 aromatic heterocycles. The fourth-order valence-electron chi connectivity index (χ4n) is 2.67. The summed E-state index contributed by atoms with van der Waals surface area (Å²) in [6.07, 6.45) is 0. The molecule has 1 aliphatic rings. The van der Waals surface area contributed by atoms with Crippen molar-refractivity contribution in [3.63, 3.8) is 0 Å². The van der Waals surface area contributed by atoms with Crippen molar-refractivity contribution < 1.29 is 9.53 Å². The number of guanidine groups is 1. The van der Waals surface area contributed by atoms with Crippen LogP contribution in [-0.2, 0) is 9.53 Å². The maximum atomic E-state index is 11.9. The summed E-state index contributed by atoms with van der Waals surface area (Å²) in [6.45, 7) is 4.75. The van der Waals surface area contributed by atoms with Crippen molar-refractivity contribution in [2.75, 3.05) is 72.0 Å². The van der Waals surface area contributed by atoms with Crippen molar-refractivity contribution in [3.05, 3.63) is 29.3 Å². The van der Waals surface area contributed by atoms with Gasteiger partial charge in [-0.1, -0.05) is 17.7 Å². The van der Waals surface area contributed by atoms with Gasteiger partial charge in [0, 0.05) is 64.6 Å². The largest absolute Gasteiger partial charge is 0.383 e. The second kappa shape index (κ2) is 10.2. The molecule has 0 unspecified atom stereocenters. The lowest BCUT2D eigenvalue weighted by Crippen LogP contribution is -2.53. The Bertz CT molecular complexity index is 615. The lowest BCUT2D eigenvalue weighted by molar-refractivity contribution is -0.127. The van der Waals surface area contributed by atoms with Crippen molar-refractivity contribution in [2.45, 2.75) is 0 Å². The standard InChI is InChI=1S/C18H28ClN5O2/c1-22(2)17(25)14-21-18(20-7-12-26-3)24-10-8-23(9-11-24)16-6-4-5-15(19)13-16/h4-6,13H,7-12,14H2,1-3H3,(H,20,21). The summed E-state index contributed by atoms with van der Waals surface area (Å²) in [6, 6.07) is 7.91. The second-order valence-electron chi connectivity index (χ2n) is 6.30. The van der Waals surface area contributed by atoms with E-state index in [9.17, 15) is 4.79 Å². The Labute approximate surface area is 160 Å². The van der Waals surface area contributed by atoms with Crippen molar-refractivity contribution >= 4 is 29.2 Å². The molecule has 0 aliphatic carbocycles. The van der Waals surface area contributed by atoms with Crippen LogP contribution in [-0.4, -0.2) is 88.7 Å². The van der Waals surface area contributed by atoms with Crippen LogP contribution in [0.3, 0.4) is 0 Å². The molecule has 0 bridgehead atoms. The number of likely N-dealkylation sites (N-methyl/N-ethyl adjacent to an activating group) is 1. The highest BCUT2D eigenvalue weighted by atomic mass is 35.5. The van der Waals surface area contributed by atoms with Crippen molar-refractivity contribution in [3.8, 4) is 0 Å². The zero-order valence-corrected chi connectivity index (χ0v) is 16.5. The monoisotopic (exact) mass is 381 g/mol. The number of carbonyl (C=O) groups is 1. The Balaban J connectivity index is 1.98. The van der Waals surface area contributed by atoms with Gasteiger partial charge in [0.25, 0.3) is 0 Å². The summed E-state index contributed by atoms with van der Waals surface area (Å²) >= 11 is 6.10. The third kappa shape index (κ3) is 6.07. The van der Waals surface area contributed by atoms with Gasteiger partial charge in [-0.25, -0.2) is 4.99 Å². The number of rotatable bonds is 6. The van der Waals surface area contributed by atoms with E-state index in [2.05, 4.69) is 26.2 Å². The Morgan fingerprint density at radius 3 is 2.65 bits per heavy atom. The van der Waals surface area contributed by atoms with Crippen LogP contribution in [0.4, 0.5) is 5.69 Å². The number of methoxy groups -OCH3 is 1. The number of nitrogens with one attached hydrogen (secondary N) is 1. The van der Waals surface area contributed by atoms with Gasteiger partial charge in [0.1, 0.15) is 6.54 Å². The number of anilines is 1. The molecule has 0 saturated carbocycles. The zero-order chi connectivity index (χ0) is 18.9. The third-order valence-corrected chi connectivity index (χ3v) is 4.44. The Hall–Kier alpha value is -1.99. The van der Waals surface area contributed by atoms with Crippen LogP contribution in [0.2, 0.25) is 5.02 Å². The lowest BCUT2D eigenvalue weighted by atomic mass is 10.2. The van der Waals surface area contributed by atoms with E-state index in [1.165, 1.54) is 0 Å². The van der Waals surface area contributed by atoms with E-state index >= 15 is 0 Å². The topological polar surface area (TPSA) is 60.4 Å². The van der Waals surface area contributed by atoms with E-state index in [0.29, 0.717) is 13.2 Å². The first-order valence-electron chi connectivity index (χ1n) is 8.74. The number of carbonyl (C=O) groups excluding carboxylic acids is 1. The smallest absolute Gasteiger partial charge is 0.243 e. The molecule has 1 aromatic rings. The summed E-state index contributed by atoms with van der Waals surface area (Å²) < 4.78 is 5.10. The average molecular weight is 382 g/mol. The van der Waals surface area contributed by atoms with Gasteiger partial charge in [-0.2, -0.15) is 0 Å². The van der Waals surface area contributed by atoms with Crippen molar-refractivity contribution in [2.24, 2.45) is 4.99 Å². The minimum absolute atomic E-state index is 0.0198. The number of benzene rings is 1. The third-order valence-electron chi connectivity index (χ3n) is 4.20.